The Morgan fingerprint density at radius 3 is 2.84 bits per heavy atom. The molecule has 1 saturated carbocycles. The molecule has 7 nitrogen and oxygen atoms in total. The third-order valence-electron chi connectivity index (χ3n) is 4.47. The summed E-state index contributed by atoms with van der Waals surface area (Å²) in [5.41, 5.74) is 8.12. The first-order valence-electron chi connectivity index (χ1n) is 8.44. The Bertz CT molecular complexity index is 810. The first-order chi connectivity index (χ1) is 12.2. The van der Waals surface area contributed by atoms with E-state index in [-0.39, 0.29) is 6.03 Å². The van der Waals surface area contributed by atoms with Gasteiger partial charge in [-0.25, -0.2) is 9.78 Å². The van der Waals surface area contributed by atoms with Crippen molar-refractivity contribution < 1.29 is 4.79 Å². The maximum Gasteiger partial charge on any atom is 0.320 e. The van der Waals surface area contributed by atoms with Crippen molar-refractivity contribution in [3.05, 3.63) is 36.2 Å². The second-order valence-electron chi connectivity index (χ2n) is 6.21. The number of aromatic nitrogens is 2. The Kier molecular flexibility index (Phi) is 5.23. The van der Waals surface area contributed by atoms with E-state index in [0.717, 1.165) is 0 Å². The van der Waals surface area contributed by atoms with Gasteiger partial charge in [-0.05, 0) is 37.0 Å². The number of amides is 2. The zero-order valence-corrected chi connectivity index (χ0v) is 14.0. The van der Waals surface area contributed by atoms with Crippen LogP contribution in [0.3, 0.4) is 0 Å². The van der Waals surface area contributed by atoms with Crippen molar-refractivity contribution in [1.29, 1.82) is 5.41 Å². The molecule has 0 spiro atoms. The molecular formula is C18H22N6O. The van der Waals surface area contributed by atoms with E-state index in [1.165, 1.54) is 38.1 Å². The van der Waals surface area contributed by atoms with Gasteiger partial charge in [0.15, 0.2) is 0 Å². The maximum atomic E-state index is 12.0. The molecule has 0 aromatic carbocycles. The highest BCUT2D eigenvalue weighted by molar-refractivity contribution is 6.08. The molecule has 5 N–H and O–H groups in total. The van der Waals surface area contributed by atoms with Gasteiger partial charge in [0, 0.05) is 36.3 Å². The third-order valence-corrected chi connectivity index (χ3v) is 4.47. The van der Waals surface area contributed by atoms with Gasteiger partial charge in [-0.2, -0.15) is 0 Å². The summed E-state index contributed by atoms with van der Waals surface area (Å²) < 4.78 is 0. The Balaban J connectivity index is 1.70. The Labute approximate surface area is 146 Å². The second kappa shape index (κ2) is 7.74. The molecule has 0 aliphatic heterocycles. The fourth-order valence-electron chi connectivity index (χ4n) is 3.07. The molecule has 0 unspecified atom stereocenters. The highest BCUT2D eigenvalue weighted by Crippen LogP contribution is 2.23. The van der Waals surface area contributed by atoms with E-state index in [4.69, 9.17) is 11.1 Å². The number of fused-ring (bicyclic) bond motifs is 1. The lowest BCUT2D eigenvalue weighted by Crippen LogP contribution is -2.32. The quantitative estimate of drug-likeness (QED) is 0.627. The fraction of sp³-hybridized carbons (Fsp3) is 0.333. The first-order valence-corrected chi connectivity index (χ1v) is 8.44. The summed E-state index contributed by atoms with van der Waals surface area (Å²) in [6.07, 6.45) is 9.06. The van der Waals surface area contributed by atoms with Crippen molar-refractivity contribution in [2.45, 2.75) is 25.7 Å². The average molecular weight is 338 g/mol. The lowest BCUT2D eigenvalue weighted by atomic mass is 10.1. The second-order valence-corrected chi connectivity index (χ2v) is 6.21. The standard InChI is InChI=1S/C18H22N6O/c19-8-14(9-20)13-7-16-15(21-11-13)5-6-17(23-16)24-18(25)22-10-12-3-1-2-4-12/h5-9,11-12,19H,1-4,10,20H2,(H2,22,23,24,25)/b14-9+,19-8?. The van der Waals surface area contributed by atoms with Crippen molar-refractivity contribution in [2.75, 3.05) is 11.9 Å². The van der Waals surface area contributed by atoms with Crippen LogP contribution in [0, 0.1) is 11.3 Å². The van der Waals surface area contributed by atoms with Crippen LogP contribution in [0.5, 0.6) is 0 Å². The van der Waals surface area contributed by atoms with Crippen LogP contribution in [-0.2, 0) is 0 Å². The van der Waals surface area contributed by atoms with Crippen molar-refractivity contribution >= 4 is 34.7 Å². The number of hydrogen-bond acceptors (Lipinski definition) is 5. The highest BCUT2D eigenvalue weighted by Gasteiger charge is 2.15. The van der Waals surface area contributed by atoms with Crippen molar-refractivity contribution in [2.24, 2.45) is 11.7 Å². The van der Waals surface area contributed by atoms with Gasteiger partial charge in [0.2, 0.25) is 0 Å². The third kappa shape index (κ3) is 4.12. The normalized spacial score (nSPS) is 15.3. The summed E-state index contributed by atoms with van der Waals surface area (Å²) in [5.74, 6) is 1.05. The molecule has 0 bridgehead atoms. The van der Waals surface area contributed by atoms with Gasteiger partial charge in [-0.3, -0.25) is 10.3 Å². The summed E-state index contributed by atoms with van der Waals surface area (Å²) in [5, 5.41) is 13.0. The number of pyridine rings is 2. The Morgan fingerprint density at radius 1 is 1.32 bits per heavy atom. The van der Waals surface area contributed by atoms with Crippen LogP contribution < -0.4 is 16.4 Å². The van der Waals surface area contributed by atoms with E-state index in [0.29, 0.717) is 40.5 Å². The number of carbonyl (C=O) groups is 1. The van der Waals surface area contributed by atoms with Crippen molar-refractivity contribution in [1.82, 2.24) is 15.3 Å². The summed E-state index contributed by atoms with van der Waals surface area (Å²) in [6, 6.07) is 5.08. The number of allylic oxidation sites excluding steroid dienone is 1. The summed E-state index contributed by atoms with van der Waals surface area (Å²) in [4.78, 5) is 20.8. The number of hydrogen-bond donors (Lipinski definition) is 4. The van der Waals surface area contributed by atoms with E-state index in [9.17, 15) is 4.79 Å². The fourth-order valence-corrected chi connectivity index (χ4v) is 3.07. The van der Waals surface area contributed by atoms with E-state index in [2.05, 4.69) is 20.6 Å². The number of nitrogens with two attached hydrogens (primary N) is 1. The predicted octanol–water partition coefficient (Wildman–Crippen LogP) is 2.89. The van der Waals surface area contributed by atoms with Gasteiger partial charge in [0.25, 0.3) is 0 Å². The molecular weight excluding hydrogens is 316 g/mol. The monoisotopic (exact) mass is 338 g/mol. The van der Waals surface area contributed by atoms with Gasteiger partial charge in [-0.15, -0.1) is 0 Å². The highest BCUT2D eigenvalue weighted by atomic mass is 16.2. The Hall–Kier alpha value is -2.96. The van der Waals surface area contributed by atoms with Crippen LogP contribution in [0.15, 0.2) is 30.6 Å². The smallest absolute Gasteiger partial charge is 0.320 e. The first kappa shape index (κ1) is 16.9. The molecule has 0 atom stereocenters. The topological polar surface area (TPSA) is 117 Å². The molecule has 0 radical (unpaired) electrons. The lowest BCUT2D eigenvalue weighted by molar-refractivity contribution is 0.250. The van der Waals surface area contributed by atoms with Gasteiger partial charge < -0.3 is 16.5 Å². The van der Waals surface area contributed by atoms with Crippen LogP contribution in [0.25, 0.3) is 16.6 Å². The molecule has 3 rings (SSSR count). The van der Waals surface area contributed by atoms with Crippen LogP contribution in [-0.4, -0.2) is 28.8 Å². The summed E-state index contributed by atoms with van der Waals surface area (Å²) in [7, 11) is 0. The summed E-state index contributed by atoms with van der Waals surface area (Å²) >= 11 is 0. The van der Waals surface area contributed by atoms with E-state index in [1.54, 1.807) is 24.4 Å². The SMILES string of the molecule is N=C/C(=C\N)c1cnc2ccc(NC(=O)NCC3CCCC3)nc2c1. The minimum atomic E-state index is -0.245. The zero-order valence-electron chi connectivity index (χ0n) is 14.0. The minimum absolute atomic E-state index is 0.245. The summed E-state index contributed by atoms with van der Waals surface area (Å²) in [6.45, 7) is 0.703. The molecule has 1 aliphatic rings. The molecule has 0 saturated heterocycles. The van der Waals surface area contributed by atoms with Crippen molar-refractivity contribution in [3.8, 4) is 0 Å². The molecule has 130 valence electrons. The van der Waals surface area contributed by atoms with Crippen LogP contribution in [0.4, 0.5) is 10.6 Å². The van der Waals surface area contributed by atoms with Gasteiger partial charge in [-0.1, -0.05) is 12.8 Å². The number of carbonyl (C=O) groups excluding carboxylic acids is 1. The van der Waals surface area contributed by atoms with E-state index < -0.39 is 0 Å². The van der Waals surface area contributed by atoms with Gasteiger partial charge >= 0.3 is 6.03 Å². The Morgan fingerprint density at radius 2 is 2.12 bits per heavy atom. The lowest BCUT2D eigenvalue weighted by Gasteiger charge is -2.11. The maximum absolute atomic E-state index is 12.0. The molecule has 1 aliphatic carbocycles. The number of nitrogens with zero attached hydrogens (tertiary/aromatic N) is 2. The molecule has 1 fully saturated rings. The number of rotatable bonds is 5. The van der Waals surface area contributed by atoms with Crippen LogP contribution in [0.1, 0.15) is 31.2 Å². The van der Waals surface area contributed by atoms with E-state index >= 15 is 0 Å². The molecule has 2 heterocycles. The van der Waals surface area contributed by atoms with Crippen LogP contribution in [0.2, 0.25) is 0 Å². The molecule has 7 heteroatoms. The molecule has 25 heavy (non-hydrogen) atoms. The zero-order chi connectivity index (χ0) is 17.6. The van der Waals surface area contributed by atoms with Gasteiger partial charge in [0.05, 0.1) is 11.0 Å². The van der Waals surface area contributed by atoms with Crippen LogP contribution >= 0.6 is 0 Å². The van der Waals surface area contributed by atoms with Gasteiger partial charge in [0.1, 0.15) is 5.82 Å². The number of anilines is 1. The molecule has 2 aromatic heterocycles. The molecule has 2 amide bonds. The van der Waals surface area contributed by atoms with Crippen molar-refractivity contribution in [3.63, 3.8) is 0 Å². The number of nitrogens with one attached hydrogen (secondary N) is 3. The average Bonchev–Trinajstić information content (AvgIpc) is 3.14. The van der Waals surface area contributed by atoms with E-state index in [1.807, 2.05) is 0 Å². The number of urea groups is 1. The minimum Gasteiger partial charge on any atom is -0.404 e. The largest absolute Gasteiger partial charge is 0.404 e. The molecule has 2 aromatic rings. The predicted molar refractivity (Wildman–Crippen MR) is 99.5 cm³/mol.